The SMILES string of the molecule is CC1CC2(C)c3c(cccc3C1(C)C)-n1c3cc4c(cc3c3cccc2c31)c1ccccc1n4-c1nc(-c2ccccc2)nc(-c2cccc(-c3ccccc3)c2)n1. The van der Waals surface area contributed by atoms with E-state index in [9.17, 15) is 0 Å². The van der Waals surface area contributed by atoms with Crippen LogP contribution in [0, 0.1) is 5.92 Å². The van der Waals surface area contributed by atoms with Crippen LogP contribution in [-0.4, -0.2) is 24.1 Å². The highest BCUT2D eigenvalue weighted by molar-refractivity contribution is 6.20. The smallest absolute Gasteiger partial charge is 0.238 e. The summed E-state index contributed by atoms with van der Waals surface area (Å²) in [5.41, 5.74) is 14.4. The van der Waals surface area contributed by atoms with Crippen molar-refractivity contribution in [2.75, 3.05) is 0 Å². The maximum absolute atomic E-state index is 5.34. The van der Waals surface area contributed by atoms with E-state index in [0.717, 1.165) is 39.7 Å². The highest BCUT2D eigenvalue weighted by atomic mass is 15.2. The molecule has 4 heterocycles. The van der Waals surface area contributed by atoms with E-state index in [2.05, 4.69) is 170 Å². The molecule has 1 aliphatic heterocycles. The Morgan fingerprint density at radius 2 is 1.09 bits per heavy atom. The van der Waals surface area contributed by atoms with E-state index < -0.39 is 0 Å². The zero-order valence-electron chi connectivity index (χ0n) is 33.0. The minimum absolute atomic E-state index is 0.0619. The molecule has 0 amide bonds. The van der Waals surface area contributed by atoms with Gasteiger partial charge in [0.05, 0.1) is 27.8 Å². The van der Waals surface area contributed by atoms with Gasteiger partial charge in [-0.15, -0.1) is 0 Å². The Morgan fingerprint density at radius 1 is 0.483 bits per heavy atom. The average molecular weight is 748 g/mol. The van der Waals surface area contributed by atoms with Gasteiger partial charge < -0.3 is 4.57 Å². The second-order valence-corrected chi connectivity index (χ2v) is 17.2. The molecule has 7 aromatic carbocycles. The van der Waals surface area contributed by atoms with Gasteiger partial charge >= 0.3 is 0 Å². The summed E-state index contributed by atoms with van der Waals surface area (Å²) in [6.07, 6.45) is 1.11. The summed E-state index contributed by atoms with van der Waals surface area (Å²) in [5, 5.41) is 4.91. The molecule has 278 valence electrons. The standard InChI is InChI=1S/C53H41N5/c1-32-31-53(4)42-25-14-23-38-40-29-39-37-22-11-12-26-43(37)58(46(39)30-45(40)57(48(38)42)44-27-15-24-41(47(44)53)52(32,2)3)51-55-49(34-18-9-6-10-19-34)54-50(56-51)36-21-13-20-35(28-36)33-16-7-5-8-17-33/h5-30,32H,31H2,1-4H3. The van der Waals surface area contributed by atoms with E-state index in [1.165, 1.54) is 55.0 Å². The van der Waals surface area contributed by atoms with E-state index in [1.54, 1.807) is 0 Å². The van der Waals surface area contributed by atoms with Crippen molar-refractivity contribution in [1.29, 1.82) is 0 Å². The number of nitrogens with zero attached hydrogens (tertiary/aromatic N) is 5. The van der Waals surface area contributed by atoms with Crippen molar-refractivity contribution < 1.29 is 0 Å². The largest absolute Gasteiger partial charge is 0.309 e. The van der Waals surface area contributed by atoms with E-state index in [1.807, 2.05) is 24.3 Å². The molecule has 0 fully saturated rings. The Balaban J connectivity index is 1.17. The van der Waals surface area contributed by atoms with E-state index in [0.29, 0.717) is 23.5 Å². The molecular weight excluding hydrogens is 707 g/mol. The summed E-state index contributed by atoms with van der Waals surface area (Å²) in [7, 11) is 0. The molecule has 0 radical (unpaired) electrons. The summed E-state index contributed by atoms with van der Waals surface area (Å²) in [4.78, 5) is 15.8. The number of fused-ring (bicyclic) bond motifs is 8. The minimum Gasteiger partial charge on any atom is -0.309 e. The molecular formula is C53H41N5. The fourth-order valence-electron chi connectivity index (χ4n) is 10.5. The van der Waals surface area contributed by atoms with E-state index >= 15 is 0 Å². The Kier molecular flexibility index (Phi) is 6.80. The third kappa shape index (κ3) is 4.50. The summed E-state index contributed by atoms with van der Waals surface area (Å²) in [6, 6.07) is 56.8. The van der Waals surface area contributed by atoms with Gasteiger partial charge in [0.25, 0.3) is 0 Å². The molecule has 10 aromatic rings. The van der Waals surface area contributed by atoms with Gasteiger partial charge in [0.15, 0.2) is 11.6 Å². The maximum atomic E-state index is 5.34. The number of aromatic nitrogens is 5. The van der Waals surface area contributed by atoms with Gasteiger partial charge in [-0.3, -0.25) is 4.57 Å². The number of hydrogen-bond acceptors (Lipinski definition) is 3. The normalized spacial score (nSPS) is 18.0. The predicted octanol–water partition coefficient (Wildman–Crippen LogP) is 13.0. The minimum atomic E-state index is -0.0843. The van der Waals surface area contributed by atoms with Crippen molar-refractivity contribution in [3.05, 3.63) is 174 Å². The molecule has 58 heavy (non-hydrogen) atoms. The number of rotatable bonds is 4. The lowest BCUT2D eigenvalue weighted by Gasteiger charge is -2.50. The second kappa shape index (κ2) is 11.8. The van der Waals surface area contributed by atoms with Gasteiger partial charge in [0, 0.05) is 38.1 Å². The Hall–Kier alpha value is -6.85. The van der Waals surface area contributed by atoms with Crippen LogP contribution in [0.15, 0.2) is 158 Å². The van der Waals surface area contributed by atoms with Crippen LogP contribution in [0.1, 0.15) is 50.8 Å². The maximum Gasteiger partial charge on any atom is 0.238 e. The van der Waals surface area contributed by atoms with Crippen LogP contribution >= 0.6 is 0 Å². The molecule has 0 N–H and O–H groups in total. The summed E-state index contributed by atoms with van der Waals surface area (Å²) < 4.78 is 4.82. The van der Waals surface area contributed by atoms with Gasteiger partial charge in [0.1, 0.15) is 0 Å². The van der Waals surface area contributed by atoms with Crippen molar-refractivity contribution in [3.63, 3.8) is 0 Å². The molecule has 0 spiro atoms. The monoisotopic (exact) mass is 747 g/mol. The summed E-state index contributed by atoms with van der Waals surface area (Å²) in [5.74, 6) is 2.40. The first-order chi connectivity index (χ1) is 28.3. The Labute approximate surface area is 337 Å². The first-order valence-electron chi connectivity index (χ1n) is 20.4. The molecule has 2 atom stereocenters. The Morgan fingerprint density at radius 3 is 1.90 bits per heavy atom. The van der Waals surface area contributed by atoms with Crippen LogP contribution in [-0.2, 0) is 10.8 Å². The van der Waals surface area contributed by atoms with Crippen molar-refractivity contribution in [1.82, 2.24) is 24.1 Å². The fourth-order valence-corrected chi connectivity index (χ4v) is 10.5. The highest BCUT2D eigenvalue weighted by Gasteiger charge is 2.49. The third-order valence-corrected chi connectivity index (χ3v) is 13.7. The first kappa shape index (κ1) is 33.3. The first-order valence-corrected chi connectivity index (χ1v) is 20.4. The van der Waals surface area contributed by atoms with Crippen LogP contribution in [0.5, 0.6) is 0 Å². The van der Waals surface area contributed by atoms with Crippen LogP contribution in [0.3, 0.4) is 0 Å². The van der Waals surface area contributed by atoms with Gasteiger partial charge in [-0.2, -0.15) is 9.97 Å². The molecule has 5 nitrogen and oxygen atoms in total. The topological polar surface area (TPSA) is 48.5 Å². The molecule has 3 aromatic heterocycles. The molecule has 0 saturated carbocycles. The highest BCUT2D eigenvalue weighted by Crippen LogP contribution is 2.58. The fraction of sp³-hybridized carbons (Fsp3) is 0.151. The summed E-state index contributed by atoms with van der Waals surface area (Å²) >= 11 is 0. The lowest BCUT2D eigenvalue weighted by molar-refractivity contribution is 0.244. The number of para-hydroxylation sites is 2. The van der Waals surface area contributed by atoms with Crippen LogP contribution < -0.4 is 0 Å². The van der Waals surface area contributed by atoms with Gasteiger partial charge in [0.2, 0.25) is 5.95 Å². The molecule has 0 bridgehead atoms. The van der Waals surface area contributed by atoms with Crippen molar-refractivity contribution in [2.45, 2.75) is 44.9 Å². The second-order valence-electron chi connectivity index (χ2n) is 17.2. The van der Waals surface area contributed by atoms with Crippen molar-refractivity contribution in [3.8, 4) is 45.5 Å². The van der Waals surface area contributed by atoms with Crippen LogP contribution in [0.2, 0.25) is 0 Å². The van der Waals surface area contributed by atoms with Crippen molar-refractivity contribution >= 4 is 43.6 Å². The molecule has 2 aliphatic rings. The Bertz CT molecular complexity index is 3320. The van der Waals surface area contributed by atoms with Gasteiger partial charge in [-0.1, -0.05) is 155 Å². The number of hydrogen-bond donors (Lipinski definition) is 0. The lowest BCUT2D eigenvalue weighted by atomic mass is 9.54. The molecule has 0 saturated heterocycles. The predicted molar refractivity (Wildman–Crippen MR) is 238 cm³/mol. The molecule has 2 unspecified atom stereocenters. The lowest BCUT2D eigenvalue weighted by Crippen LogP contribution is -2.44. The van der Waals surface area contributed by atoms with Crippen LogP contribution in [0.25, 0.3) is 89.2 Å². The van der Waals surface area contributed by atoms with E-state index in [-0.39, 0.29) is 10.8 Å². The van der Waals surface area contributed by atoms with Gasteiger partial charge in [-0.25, -0.2) is 4.98 Å². The van der Waals surface area contributed by atoms with Crippen molar-refractivity contribution in [2.24, 2.45) is 5.92 Å². The number of benzene rings is 7. The zero-order chi connectivity index (χ0) is 38.9. The molecule has 5 heteroatoms. The third-order valence-electron chi connectivity index (χ3n) is 13.7. The zero-order valence-corrected chi connectivity index (χ0v) is 33.0. The average Bonchev–Trinajstić information content (AvgIpc) is 3.77. The summed E-state index contributed by atoms with van der Waals surface area (Å²) in [6.45, 7) is 9.80. The van der Waals surface area contributed by atoms with Crippen LogP contribution in [0.4, 0.5) is 0 Å². The molecule has 12 rings (SSSR count). The quantitative estimate of drug-likeness (QED) is 0.180. The van der Waals surface area contributed by atoms with Gasteiger partial charge in [-0.05, 0) is 75.9 Å². The molecule has 1 aliphatic carbocycles. The van der Waals surface area contributed by atoms with E-state index in [4.69, 9.17) is 15.0 Å².